The Balaban J connectivity index is 1.50. The highest BCUT2D eigenvalue weighted by Crippen LogP contribution is 2.34. The van der Waals surface area contributed by atoms with Crippen LogP contribution in [-0.4, -0.2) is 49.5 Å². The van der Waals surface area contributed by atoms with E-state index in [4.69, 9.17) is 18.7 Å². The van der Waals surface area contributed by atoms with Crippen molar-refractivity contribution in [3.05, 3.63) is 70.0 Å². The minimum atomic E-state index is -0.445. The number of ether oxygens (including phenoxy) is 3. The van der Waals surface area contributed by atoms with Crippen molar-refractivity contribution in [3.63, 3.8) is 0 Å². The summed E-state index contributed by atoms with van der Waals surface area (Å²) < 4.78 is 21.7. The van der Waals surface area contributed by atoms with Gasteiger partial charge in [0.15, 0.2) is 5.76 Å². The molecule has 0 unspecified atom stereocenters. The summed E-state index contributed by atoms with van der Waals surface area (Å²) in [6.07, 6.45) is 1.52. The number of nitrogens with zero attached hydrogens (tertiary/aromatic N) is 4. The molecular formula is C26H22N4O5S. The lowest BCUT2D eigenvalue weighted by molar-refractivity contribution is 0.0598. The number of hydrogen-bond acceptors (Lipinski definition) is 10. The third kappa shape index (κ3) is 4.79. The predicted molar refractivity (Wildman–Crippen MR) is 133 cm³/mol. The van der Waals surface area contributed by atoms with E-state index in [1.54, 1.807) is 23.6 Å². The molecule has 3 aromatic heterocycles. The van der Waals surface area contributed by atoms with Crippen molar-refractivity contribution in [2.24, 2.45) is 0 Å². The van der Waals surface area contributed by atoms with Crippen LogP contribution in [0.2, 0.25) is 0 Å². The molecule has 4 aromatic rings. The SMILES string of the molecule is COC(=O)c1ccsc1COc1nc(-c2ccc(N3CCOCC3)cc2)cc(-c2ccno2)c1C#N. The number of esters is 1. The summed E-state index contributed by atoms with van der Waals surface area (Å²) >= 11 is 1.36. The second-order valence-electron chi connectivity index (χ2n) is 7.91. The smallest absolute Gasteiger partial charge is 0.339 e. The van der Waals surface area contributed by atoms with E-state index in [2.05, 4.69) is 21.1 Å². The van der Waals surface area contributed by atoms with Crippen LogP contribution in [0.1, 0.15) is 20.8 Å². The van der Waals surface area contributed by atoms with Crippen molar-refractivity contribution in [1.29, 1.82) is 5.26 Å². The van der Waals surface area contributed by atoms with Gasteiger partial charge in [-0.1, -0.05) is 17.3 Å². The maximum Gasteiger partial charge on any atom is 0.339 e. The molecule has 1 aliphatic heterocycles. The molecule has 0 spiro atoms. The van der Waals surface area contributed by atoms with E-state index in [0.29, 0.717) is 40.7 Å². The van der Waals surface area contributed by atoms with E-state index in [-0.39, 0.29) is 18.1 Å². The largest absolute Gasteiger partial charge is 0.471 e. The topological polar surface area (TPSA) is 111 Å². The maximum atomic E-state index is 12.1. The summed E-state index contributed by atoms with van der Waals surface area (Å²) in [5, 5.41) is 15.5. The molecule has 0 bridgehead atoms. The molecule has 1 aliphatic rings. The second kappa shape index (κ2) is 10.6. The number of thiophene rings is 1. The Bertz CT molecular complexity index is 1390. The first-order valence-electron chi connectivity index (χ1n) is 11.2. The van der Waals surface area contributed by atoms with Gasteiger partial charge < -0.3 is 23.6 Å². The Kier molecular flexibility index (Phi) is 6.93. The number of carbonyl (C=O) groups excluding carboxylic acids is 1. The van der Waals surface area contributed by atoms with Crippen molar-refractivity contribution >= 4 is 23.0 Å². The number of nitriles is 1. The first-order chi connectivity index (χ1) is 17.7. The molecule has 5 rings (SSSR count). The van der Waals surface area contributed by atoms with Crippen molar-refractivity contribution in [2.75, 3.05) is 38.3 Å². The van der Waals surface area contributed by atoms with Crippen LogP contribution >= 0.6 is 11.3 Å². The average molecular weight is 503 g/mol. The zero-order valence-electron chi connectivity index (χ0n) is 19.5. The van der Waals surface area contributed by atoms with Crippen LogP contribution < -0.4 is 9.64 Å². The molecule has 0 radical (unpaired) electrons. The molecule has 1 fully saturated rings. The highest BCUT2D eigenvalue weighted by atomic mass is 32.1. The van der Waals surface area contributed by atoms with E-state index < -0.39 is 5.97 Å². The molecule has 0 N–H and O–H groups in total. The minimum absolute atomic E-state index is 0.0546. The van der Waals surface area contributed by atoms with Crippen LogP contribution in [0.5, 0.6) is 5.88 Å². The van der Waals surface area contributed by atoms with E-state index in [0.717, 1.165) is 24.3 Å². The van der Waals surface area contributed by atoms with Crippen molar-refractivity contribution < 1.29 is 23.5 Å². The zero-order chi connectivity index (χ0) is 24.9. The fraction of sp³-hybridized carbons (Fsp3) is 0.231. The van der Waals surface area contributed by atoms with Gasteiger partial charge in [0.25, 0.3) is 0 Å². The number of anilines is 1. The number of benzene rings is 1. The number of rotatable bonds is 7. The molecule has 9 nitrogen and oxygen atoms in total. The quantitative estimate of drug-likeness (QED) is 0.336. The summed E-state index contributed by atoms with van der Waals surface area (Å²) in [5.41, 5.74) is 3.74. The molecule has 182 valence electrons. The molecule has 0 saturated carbocycles. The Morgan fingerprint density at radius 1 is 1.19 bits per heavy atom. The van der Waals surface area contributed by atoms with E-state index in [1.807, 2.05) is 24.3 Å². The van der Waals surface area contributed by atoms with Crippen LogP contribution in [0.4, 0.5) is 5.69 Å². The predicted octanol–water partition coefficient (Wildman–Crippen LogP) is 4.54. The van der Waals surface area contributed by atoms with Gasteiger partial charge in [-0.15, -0.1) is 11.3 Å². The average Bonchev–Trinajstić information content (AvgIpc) is 3.64. The summed E-state index contributed by atoms with van der Waals surface area (Å²) in [5.74, 6) is 0.124. The highest BCUT2D eigenvalue weighted by Gasteiger charge is 2.21. The Labute approximate surface area is 211 Å². The van der Waals surface area contributed by atoms with Crippen molar-refractivity contribution in [2.45, 2.75) is 6.61 Å². The number of morpholine rings is 1. The van der Waals surface area contributed by atoms with E-state index in [1.165, 1.54) is 24.6 Å². The first kappa shape index (κ1) is 23.5. The first-order valence-corrected chi connectivity index (χ1v) is 12.1. The third-order valence-electron chi connectivity index (χ3n) is 5.83. The van der Waals surface area contributed by atoms with E-state index >= 15 is 0 Å². The summed E-state index contributed by atoms with van der Waals surface area (Å²) in [7, 11) is 1.33. The van der Waals surface area contributed by atoms with Gasteiger partial charge in [-0.3, -0.25) is 0 Å². The molecular weight excluding hydrogens is 480 g/mol. The lowest BCUT2D eigenvalue weighted by atomic mass is 10.0. The van der Waals surface area contributed by atoms with E-state index in [9.17, 15) is 10.1 Å². The number of pyridine rings is 1. The maximum absolute atomic E-state index is 12.1. The van der Waals surface area contributed by atoms with Crippen LogP contribution in [-0.2, 0) is 16.1 Å². The van der Waals surface area contributed by atoms with Crippen molar-refractivity contribution in [1.82, 2.24) is 10.1 Å². The van der Waals surface area contributed by atoms with Gasteiger partial charge >= 0.3 is 5.97 Å². The number of aromatic nitrogens is 2. The van der Waals surface area contributed by atoms with Crippen LogP contribution in [0.25, 0.3) is 22.6 Å². The normalized spacial score (nSPS) is 13.3. The van der Waals surface area contributed by atoms with Crippen LogP contribution in [0.15, 0.2) is 58.6 Å². The molecule has 0 aliphatic carbocycles. The summed E-state index contributed by atoms with van der Waals surface area (Å²) in [6, 6.07) is 15.4. The standard InChI is InChI=1S/C26H22N4O5S/c1-32-26(31)19-7-13-36-24(19)16-34-25-21(15-27)20(23-6-8-28-35-23)14-22(29-25)17-2-4-18(5-3-17)30-9-11-33-12-10-30/h2-8,13-14H,9-12,16H2,1H3. The zero-order valence-corrected chi connectivity index (χ0v) is 20.3. The molecule has 4 heterocycles. The third-order valence-corrected chi connectivity index (χ3v) is 6.73. The molecule has 36 heavy (non-hydrogen) atoms. The lowest BCUT2D eigenvalue weighted by Gasteiger charge is -2.28. The van der Waals surface area contributed by atoms with Crippen LogP contribution in [0.3, 0.4) is 0 Å². The molecule has 1 saturated heterocycles. The monoisotopic (exact) mass is 502 g/mol. The Hall–Kier alpha value is -4.20. The lowest BCUT2D eigenvalue weighted by Crippen LogP contribution is -2.36. The highest BCUT2D eigenvalue weighted by molar-refractivity contribution is 7.10. The van der Waals surface area contributed by atoms with Crippen LogP contribution in [0, 0.1) is 11.3 Å². The molecule has 1 aromatic carbocycles. The van der Waals surface area contributed by atoms with Gasteiger partial charge in [0.05, 0.1) is 42.7 Å². The number of methoxy groups -OCH3 is 1. The van der Waals surface area contributed by atoms with Gasteiger partial charge in [0, 0.05) is 36.0 Å². The molecule has 0 amide bonds. The molecule has 0 atom stereocenters. The van der Waals surface area contributed by atoms with Gasteiger partial charge in [-0.2, -0.15) is 5.26 Å². The summed E-state index contributed by atoms with van der Waals surface area (Å²) in [4.78, 5) is 19.7. The van der Waals surface area contributed by atoms with Crippen molar-refractivity contribution in [3.8, 4) is 34.5 Å². The Morgan fingerprint density at radius 2 is 2.00 bits per heavy atom. The number of hydrogen-bond donors (Lipinski definition) is 0. The summed E-state index contributed by atoms with van der Waals surface area (Å²) in [6.45, 7) is 3.17. The van der Waals surface area contributed by atoms with Gasteiger partial charge in [-0.25, -0.2) is 9.78 Å². The molecule has 10 heteroatoms. The fourth-order valence-electron chi connectivity index (χ4n) is 3.97. The number of carbonyl (C=O) groups is 1. The second-order valence-corrected chi connectivity index (χ2v) is 8.91. The van der Waals surface area contributed by atoms with Gasteiger partial charge in [0.1, 0.15) is 18.2 Å². The fourth-order valence-corrected chi connectivity index (χ4v) is 4.75. The Morgan fingerprint density at radius 3 is 2.69 bits per heavy atom. The minimum Gasteiger partial charge on any atom is -0.471 e. The van der Waals surface area contributed by atoms with Gasteiger partial charge in [-0.05, 0) is 29.6 Å². The van der Waals surface area contributed by atoms with Gasteiger partial charge in [0.2, 0.25) is 5.88 Å².